The number of piperazine rings is 1. The predicted octanol–water partition coefficient (Wildman–Crippen LogP) is 2.73. The molecular weight excluding hydrogens is 370 g/mol. The van der Waals surface area contributed by atoms with Crippen molar-refractivity contribution in [3.63, 3.8) is 0 Å². The number of nitrogens with one attached hydrogen (secondary N) is 1. The van der Waals surface area contributed by atoms with E-state index >= 15 is 0 Å². The molecule has 1 atom stereocenters. The quantitative estimate of drug-likeness (QED) is 0.612. The molecule has 0 aromatic carbocycles. The highest BCUT2D eigenvalue weighted by Crippen LogP contribution is 2.23. The van der Waals surface area contributed by atoms with Crippen molar-refractivity contribution in [3.8, 4) is 5.75 Å². The fourth-order valence-electron chi connectivity index (χ4n) is 4.01. The van der Waals surface area contributed by atoms with Gasteiger partial charge in [-0.3, -0.25) is 15.3 Å². The Hall–Kier alpha value is -2.25. The molecule has 1 aliphatic carbocycles. The summed E-state index contributed by atoms with van der Waals surface area (Å²) in [5.41, 5.74) is 6.25. The Bertz CT molecular complexity index is 811. The predicted molar refractivity (Wildman–Crippen MR) is 116 cm³/mol. The van der Waals surface area contributed by atoms with Gasteiger partial charge in [0.15, 0.2) is 5.11 Å². The molecule has 148 valence electrons. The molecule has 1 fully saturated rings. The average molecular weight is 398 g/mol. The third-order valence-electron chi connectivity index (χ3n) is 5.60. The molecule has 2 aliphatic heterocycles. The zero-order valence-corrected chi connectivity index (χ0v) is 17.1. The zero-order valence-electron chi connectivity index (χ0n) is 16.3. The van der Waals surface area contributed by atoms with E-state index in [0.29, 0.717) is 17.8 Å². The fourth-order valence-corrected chi connectivity index (χ4v) is 4.24. The highest BCUT2D eigenvalue weighted by atomic mass is 32.1. The van der Waals surface area contributed by atoms with E-state index in [1.807, 2.05) is 12.1 Å². The van der Waals surface area contributed by atoms with Crippen LogP contribution in [0, 0.1) is 0 Å². The molecule has 0 saturated carbocycles. The van der Waals surface area contributed by atoms with Gasteiger partial charge in [-0.05, 0) is 44.1 Å². The third kappa shape index (κ3) is 4.25. The monoisotopic (exact) mass is 397 g/mol. The van der Waals surface area contributed by atoms with Gasteiger partial charge in [0.05, 0.1) is 12.3 Å². The van der Waals surface area contributed by atoms with Crippen LogP contribution in [-0.4, -0.2) is 64.4 Å². The first kappa shape index (κ1) is 19.1. The van der Waals surface area contributed by atoms with Crippen LogP contribution >= 0.6 is 12.2 Å². The number of hydrogen-bond donors (Lipinski definition) is 1. The molecule has 28 heavy (non-hydrogen) atoms. The second-order valence-electron chi connectivity index (χ2n) is 7.38. The van der Waals surface area contributed by atoms with Crippen LogP contribution in [0.5, 0.6) is 5.75 Å². The van der Waals surface area contributed by atoms with Crippen LogP contribution in [-0.2, 0) is 0 Å². The molecule has 0 amide bonds. The average Bonchev–Trinajstić information content (AvgIpc) is 2.96. The van der Waals surface area contributed by atoms with Crippen molar-refractivity contribution in [2.75, 3.05) is 32.8 Å². The molecule has 0 spiro atoms. The van der Waals surface area contributed by atoms with Gasteiger partial charge in [0.2, 0.25) is 0 Å². The van der Waals surface area contributed by atoms with Crippen LogP contribution in [0.2, 0.25) is 0 Å². The van der Waals surface area contributed by atoms with Crippen molar-refractivity contribution < 1.29 is 4.74 Å². The maximum absolute atomic E-state index is 5.63. The number of rotatable bonds is 2. The summed E-state index contributed by atoms with van der Waals surface area (Å²) in [5, 5.41) is 5.23. The lowest BCUT2D eigenvalue weighted by Crippen LogP contribution is -2.53. The lowest BCUT2D eigenvalue weighted by atomic mass is 10.0. The molecule has 6 nitrogen and oxygen atoms in total. The molecule has 4 rings (SSSR count). The van der Waals surface area contributed by atoms with E-state index in [2.05, 4.69) is 50.5 Å². The van der Waals surface area contributed by atoms with Crippen LogP contribution in [0.25, 0.3) is 0 Å². The third-order valence-corrected chi connectivity index (χ3v) is 5.95. The summed E-state index contributed by atoms with van der Waals surface area (Å²) in [4.78, 5) is 9.19. The highest BCUT2D eigenvalue weighted by molar-refractivity contribution is 7.80. The Morgan fingerprint density at radius 3 is 3.04 bits per heavy atom. The molecule has 1 unspecified atom stereocenters. The van der Waals surface area contributed by atoms with E-state index in [4.69, 9.17) is 17.0 Å². The van der Waals surface area contributed by atoms with Gasteiger partial charge in [-0.15, -0.1) is 0 Å². The molecule has 1 aromatic heterocycles. The summed E-state index contributed by atoms with van der Waals surface area (Å²) in [6, 6.07) is 4.35. The standard InChI is InChI=1S/C21H27N5OS/c1-16-6-3-2-4-7-18(16)25-11-13-26(14-12-25)21(28)24-23-17-9-15-27-19-8-5-10-22-20(17)19/h2-3,5-6,8,10,18H,4,7,9,11-15H2,1H3,(H,24,28)/b23-17-. The highest BCUT2D eigenvalue weighted by Gasteiger charge is 2.26. The Morgan fingerprint density at radius 2 is 2.18 bits per heavy atom. The summed E-state index contributed by atoms with van der Waals surface area (Å²) in [7, 11) is 0. The number of fused-ring (bicyclic) bond motifs is 1. The van der Waals surface area contributed by atoms with E-state index in [0.717, 1.165) is 56.2 Å². The van der Waals surface area contributed by atoms with Crippen molar-refractivity contribution in [1.29, 1.82) is 0 Å². The Morgan fingerprint density at radius 1 is 1.32 bits per heavy atom. The van der Waals surface area contributed by atoms with Crippen LogP contribution in [0.4, 0.5) is 0 Å². The number of allylic oxidation sites excluding steroid dienone is 3. The second kappa shape index (κ2) is 8.84. The Balaban J connectivity index is 1.33. The molecule has 1 saturated heterocycles. The number of hydrogen-bond acceptors (Lipinski definition) is 5. The van der Waals surface area contributed by atoms with E-state index < -0.39 is 0 Å². The van der Waals surface area contributed by atoms with E-state index in [1.54, 1.807) is 6.20 Å². The Kier molecular flexibility index (Phi) is 6.02. The van der Waals surface area contributed by atoms with Crippen molar-refractivity contribution in [3.05, 3.63) is 47.8 Å². The number of aromatic nitrogens is 1. The molecule has 0 radical (unpaired) electrons. The minimum atomic E-state index is 0.545. The number of ether oxygens (including phenoxy) is 1. The van der Waals surface area contributed by atoms with Gasteiger partial charge in [-0.1, -0.05) is 23.8 Å². The van der Waals surface area contributed by atoms with Crippen LogP contribution in [0.1, 0.15) is 31.9 Å². The SMILES string of the molecule is CC1=CC=CCCC1N1CCN(C(=S)N/N=C2/CCOc3cccnc32)CC1. The maximum atomic E-state index is 5.63. The maximum Gasteiger partial charge on any atom is 0.189 e. The van der Waals surface area contributed by atoms with Gasteiger partial charge in [-0.2, -0.15) is 5.10 Å². The van der Waals surface area contributed by atoms with Crippen molar-refractivity contribution in [1.82, 2.24) is 20.2 Å². The number of thiocarbonyl (C=S) groups is 1. The first-order valence-corrected chi connectivity index (χ1v) is 10.4. The van der Waals surface area contributed by atoms with Crippen LogP contribution in [0.15, 0.2) is 47.2 Å². The number of pyridine rings is 1. The molecule has 1 aromatic rings. The lowest BCUT2D eigenvalue weighted by Gasteiger charge is -2.40. The first-order valence-electron chi connectivity index (χ1n) is 9.99. The van der Waals surface area contributed by atoms with Gasteiger partial charge < -0.3 is 9.64 Å². The zero-order chi connectivity index (χ0) is 19.3. The minimum Gasteiger partial charge on any atom is -0.491 e. The molecule has 3 aliphatic rings. The topological polar surface area (TPSA) is 53.0 Å². The fraction of sp³-hybridized carbons (Fsp3) is 0.476. The normalized spacial score (nSPS) is 24.2. The van der Waals surface area contributed by atoms with E-state index in [9.17, 15) is 0 Å². The molecular formula is C21H27N5OS. The van der Waals surface area contributed by atoms with E-state index in [1.165, 1.54) is 12.0 Å². The molecule has 3 heterocycles. The van der Waals surface area contributed by atoms with Crippen LogP contribution < -0.4 is 10.2 Å². The summed E-state index contributed by atoms with van der Waals surface area (Å²) < 4.78 is 5.63. The van der Waals surface area contributed by atoms with E-state index in [-0.39, 0.29) is 0 Å². The van der Waals surface area contributed by atoms with Crippen molar-refractivity contribution >= 4 is 23.0 Å². The number of hydrazone groups is 1. The van der Waals surface area contributed by atoms with Gasteiger partial charge in [0.25, 0.3) is 0 Å². The van der Waals surface area contributed by atoms with Crippen LogP contribution in [0.3, 0.4) is 0 Å². The largest absolute Gasteiger partial charge is 0.491 e. The molecule has 0 bridgehead atoms. The summed E-state index contributed by atoms with van der Waals surface area (Å²) in [5.74, 6) is 0.787. The lowest BCUT2D eigenvalue weighted by molar-refractivity contribution is 0.143. The summed E-state index contributed by atoms with van der Waals surface area (Å²) in [6.07, 6.45) is 11.5. The van der Waals surface area contributed by atoms with Crippen molar-refractivity contribution in [2.45, 2.75) is 32.2 Å². The summed E-state index contributed by atoms with van der Waals surface area (Å²) >= 11 is 5.60. The molecule has 7 heteroatoms. The van der Waals surface area contributed by atoms with Crippen molar-refractivity contribution in [2.24, 2.45) is 5.10 Å². The second-order valence-corrected chi connectivity index (χ2v) is 7.77. The van der Waals surface area contributed by atoms with Gasteiger partial charge in [0.1, 0.15) is 11.4 Å². The summed E-state index contributed by atoms with van der Waals surface area (Å²) in [6.45, 7) is 6.75. The smallest absolute Gasteiger partial charge is 0.189 e. The minimum absolute atomic E-state index is 0.545. The van der Waals surface area contributed by atoms with Gasteiger partial charge in [-0.25, -0.2) is 0 Å². The van der Waals surface area contributed by atoms with Gasteiger partial charge in [0, 0.05) is 44.8 Å². The first-order chi connectivity index (χ1) is 13.7. The molecule has 1 N–H and O–H groups in total. The van der Waals surface area contributed by atoms with Gasteiger partial charge >= 0.3 is 0 Å². The Labute approximate surface area is 172 Å². The number of nitrogens with zero attached hydrogens (tertiary/aromatic N) is 4.